The Bertz CT molecular complexity index is 402. The topological polar surface area (TPSA) is 38.3 Å². The van der Waals surface area contributed by atoms with E-state index in [0.29, 0.717) is 0 Å². The molecule has 0 radical (unpaired) electrons. The Labute approximate surface area is 101 Å². The van der Waals surface area contributed by atoms with Gasteiger partial charge in [0.2, 0.25) is 0 Å². The van der Waals surface area contributed by atoms with E-state index in [0.717, 1.165) is 12.1 Å². The molecule has 0 bridgehead atoms. The van der Waals surface area contributed by atoms with Gasteiger partial charge in [-0.15, -0.1) is 0 Å². The van der Waals surface area contributed by atoms with Crippen molar-refractivity contribution in [3.05, 3.63) is 30.1 Å². The zero-order chi connectivity index (χ0) is 13.8. The van der Waals surface area contributed by atoms with Gasteiger partial charge in [-0.3, -0.25) is 4.79 Å². The van der Waals surface area contributed by atoms with Crippen LogP contribution >= 0.6 is 0 Å². The van der Waals surface area contributed by atoms with Gasteiger partial charge in [0.15, 0.2) is 6.10 Å². The van der Waals surface area contributed by atoms with E-state index in [-0.39, 0.29) is 5.75 Å². The quantitative estimate of drug-likeness (QED) is 0.848. The zero-order valence-corrected chi connectivity index (χ0v) is 9.42. The van der Waals surface area contributed by atoms with Crippen LogP contribution in [0, 0.1) is 5.82 Å². The average molecular weight is 265 g/mol. The van der Waals surface area contributed by atoms with Crippen molar-refractivity contribution in [3.63, 3.8) is 0 Å². The van der Waals surface area contributed by atoms with Gasteiger partial charge in [-0.05, 0) is 31.2 Å². The van der Waals surface area contributed by atoms with Gasteiger partial charge in [-0.1, -0.05) is 0 Å². The van der Waals surface area contributed by atoms with E-state index in [2.05, 4.69) is 0 Å². The van der Waals surface area contributed by atoms with Gasteiger partial charge >= 0.3 is 6.18 Å². The van der Waals surface area contributed by atoms with Crippen LogP contribution in [0.3, 0.4) is 0 Å². The van der Waals surface area contributed by atoms with Crippen molar-refractivity contribution in [2.75, 3.05) is 6.54 Å². The van der Waals surface area contributed by atoms with Crippen LogP contribution in [-0.2, 0) is 4.79 Å². The molecule has 7 heteroatoms. The van der Waals surface area contributed by atoms with Crippen molar-refractivity contribution in [3.8, 4) is 5.75 Å². The molecule has 0 heterocycles. The molecular weight excluding hydrogens is 254 g/mol. The number of carbonyl (C=O) groups is 1. The highest BCUT2D eigenvalue weighted by atomic mass is 19.4. The van der Waals surface area contributed by atoms with Crippen molar-refractivity contribution in [2.45, 2.75) is 19.2 Å². The van der Waals surface area contributed by atoms with Crippen molar-refractivity contribution in [1.82, 2.24) is 5.32 Å². The minimum atomic E-state index is -4.47. The van der Waals surface area contributed by atoms with E-state index < -0.39 is 30.5 Å². The molecule has 0 aromatic heterocycles. The summed E-state index contributed by atoms with van der Waals surface area (Å²) in [5.74, 6) is -1.17. The number of hydrogen-bond donors (Lipinski definition) is 1. The molecule has 0 unspecified atom stereocenters. The van der Waals surface area contributed by atoms with Crippen LogP contribution in [0.5, 0.6) is 5.75 Å². The Hall–Kier alpha value is -1.79. The van der Waals surface area contributed by atoms with Crippen LogP contribution in [0.15, 0.2) is 24.3 Å². The van der Waals surface area contributed by atoms with Crippen LogP contribution < -0.4 is 10.1 Å². The monoisotopic (exact) mass is 265 g/mol. The minimum absolute atomic E-state index is 0.200. The Kier molecular flexibility index (Phi) is 4.52. The summed E-state index contributed by atoms with van der Waals surface area (Å²) in [5.41, 5.74) is 0. The zero-order valence-electron chi connectivity index (χ0n) is 9.42. The fourth-order valence-electron chi connectivity index (χ4n) is 1.10. The Morgan fingerprint density at radius 2 is 1.89 bits per heavy atom. The van der Waals surface area contributed by atoms with Gasteiger partial charge < -0.3 is 10.1 Å². The molecule has 1 N–H and O–H groups in total. The molecule has 0 saturated carbocycles. The normalized spacial score (nSPS) is 12.9. The first-order chi connectivity index (χ1) is 8.28. The number of carbonyl (C=O) groups excluding carboxylic acids is 1. The van der Waals surface area contributed by atoms with Gasteiger partial charge in [0.1, 0.15) is 18.1 Å². The lowest BCUT2D eigenvalue weighted by atomic mass is 10.3. The summed E-state index contributed by atoms with van der Waals surface area (Å²) >= 11 is 0. The largest absolute Gasteiger partial charge is 0.481 e. The fourth-order valence-corrected chi connectivity index (χ4v) is 1.10. The maximum absolute atomic E-state index is 12.6. The van der Waals surface area contributed by atoms with Crippen molar-refractivity contribution >= 4 is 5.91 Å². The summed E-state index contributed by atoms with van der Waals surface area (Å²) in [6, 6.07) is 4.80. The van der Waals surface area contributed by atoms with Gasteiger partial charge in [-0.25, -0.2) is 4.39 Å². The number of amides is 1. The van der Waals surface area contributed by atoms with Crippen LogP contribution in [0.4, 0.5) is 17.6 Å². The lowest BCUT2D eigenvalue weighted by Gasteiger charge is -2.15. The second-order valence-electron chi connectivity index (χ2n) is 3.55. The fraction of sp³-hybridized carbons (Fsp3) is 0.364. The molecule has 0 fully saturated rings. The van der Waals surface area contributed by atoms with E-state index >= 15 is 0 Å². The summed E-state index contributed by atoms with van der Waals surface area (Å²) in [6.07, 6.45) is -5.57. The lowest BCUT2D eigenvalue weighted by Crippen LogP contribution is -2.41. The standard InChI is InChI=1S/C11H11F4NO2/c1-7(10(17)16-6-11(13,14)15)18-9-4-2-8(12)3-5-9/h2-5,7H,6H2,1H3,(H,16,17)/t7-/m0/s1. The first kappa shape index (κ1) is 14.3. The van der Waals surface area contributed by atoms with Crippen LogP contribution in [0.1, 0.15) is 6.92 Å². The maximum Gasteiger partial charge on any atom is 0.405 e. The molecule has 100 valence electrons. The van der Waals surface area contributed by atoms with Crippen LogP contribution in [0.2, 0.25) is 0 Å². The summed E-state index contributed by atoms with van der Waals surface area (Å²) in [4.78, 5) is 11.3. The summed E-state index contributed by atoms with van der Waals surface area (Å²) in [5, 5.41) is 1.69. The van der Waals surface area contributed by atoms with Crippen LogP contribution in [0.25, 0.3) is 0 Å². The Morgan fingerprint density at radius 1 is 1.33 bits per heavy atom. The van der Waals surface area contributed by atoms with Crippen molar-refractivity contribution in [2.24, 2.45) is 0 Å². The summed E-state index contributed by atoms with van der Waals surface area (Å²) in [7, 11) is 0. The van der Waals surface area contributed by atoms with E-state index in [4.69, 9.17) is 4.74 Å². The van der Waals surface area contributed by atoms with Gasteiger partial charge in [0.25, 0.3) is 5.91 Å². The molecule has 1 atom stereocenters. The molecule has 0 aliphatic rings. The summed E-state index contributed by atoms with van der Waals surface area (Å²) in [6.45, 7) is -0.113. The molecule has 0 saturated heterocycles. The first-order valence-corrected chi connectivity index (χ1v) is 5.04. The highest BCUT2D eigenvalue weighted by molar-refractivity contribution is 5.80. The highest BCUT2D eigenvalue weighted by Crippen LogP contribution is 2.14. The molecule has 1 aromatic carbocycles. The Balaban J connectivity index is 2.47. The van der Waals surface area contributed by atoms with E-state index in [1.807, 2.05) is 0 Å². The predicted molar refractivity (Wildman–Crippen MR) is 55.6 cm³/mol. The second-order valence-corrected chi connectivity index (χ2v) is 3.55. The molecule has 18 heavy (non-hydrogen) atoms. The first-order valence-electron chi connectivity index (χ1n) is 5.04. The van der Waals surface area contributed by atoms with E-state index in [1.54, 1.807) is 5.32 Å². The highest BCUT2D eigenvalue weighted by Gasteiger charge is 2.29. The van der Waals surface area contributed by atoms with E-state index in [9.17, 15) is 22.4 Å². The molecule has 1 rings (SSSR count). The number of rotatable bonds is 4. The lowest BCUT2D eigenvalue weighted by molar-refractivity contribution is -0.142. The van der Waals surface area contributed by atoms with Gasteiger partial charge in [0.05, 0.1) is 0 Å². The third-order valence-electron chi connectivity index (χ3n) is 1.96. The van der Waals surface area contributed by atoms with Crippen LogP contribution in [-0.4, -0.2) is 24.7 Å². The molecular formula is C11H11F4NO2. The third-order valence-corrected chi connectivity index (χ3v) is 1.96. The third kappa shape index (κ3) is 5.03. The SMILES string of the molecule is C[C@H](Oc1ccc(F)cc1)C(=O)NCC(F)(F)F. The number of hydrogen-bond acceptors (Lipinski definition) is 2. The number of ether oxygens (including phenoxy) is 1. The molecule has 0 aliphatic carbocycles. The van der Waals surface area contributed by atoms with Gasteiger partial charge in [-0.2, -0.15) is 13.2 Å². The number of nitrogens with one attached hydrogen (secondary N) is 1. The Morgan fingerprint density at radius 3 is 2.39 bits per heavy atom. The smallest absolute Gasteiger partial charge is 0.405 e. The minimum Gasteiger partial charge on any atom is -0.481 e. The molecule has 0 spiro atoms. The van der Waals surface area contributed by atoms with E-state index in [1.165, 1.54) is 19.1 Å². The molecule has 0 aliphatic heterocycles. The molecule has 3 nitrogen and oxygen atoms in total. The number of halogens is 4. The predicted octanol–water partition coefficient (Wildman–Crippen LogP) is 2.27. The molecule has 1 aromatic rings. The van der Waals surface area contributed by atoms with Crippen molar-refractivity contribution < 1.29 is 27.1 Å². The number of alkyl halides is 3. The summed E-state index contributed by atoms with van der Waals surface area (Å²) < 4.78 is 53.2. The average Bonchev–Trinajstić information content (AvgIpc) is 2.28. The van der Waals surface area contributed by atoms with Gasteiger partial charge in [0, 0.05) is 0 Å². The van der Waals surface area contributed by atoms with Crippen molar-refractivity contribution in [1.29, 1.82) is 0 Å². The number of benzene rings is 1. The second kappa shape index (κ2) is 5.70. The maximum atomic E-state index is 12.6. The molecule has 1 amide bonds.